The summed E-state index contributed by atoms with van der Waals surface area (Å²) in [5, 5.41) is 53.8. The molecule has 0 aromatic heterocycles. The minimum Gasteiger partial charge on any atom is -0.394 e. The van der Waals surface area contributed by atoms with Gasteiger partial charge in [0.2, 0.25) is 5.91 Å². The smallest absolute Gasteiger partial charge is 0.220 e. The van der Waals surface area contributed by atoms with Crippen molar-refractivity contribution in [1.29, 1.82) is 0 Å². The summed E-state index contributed by atoms with van der Waals surface area (Å²) in [7, 11) is 0. The van der Waals surface area contributed by atoms with Crippen molar-refractivity contribution in [3.63, 3.8) is 0 Å². The summed E-state index contributed by atoms with van der Waals surface area (Å²) in [6.45, 7) is 3.70. The van der Waals surface area contributed by atoms with Gasteiger partial charge in [0.25, 0.3) is 0 Å². The number of aliphatic hydroxyl groups is 5. The largest absolute Gasteiger partial charge is 0.394 e. The molecule has 290 valence electrons. The van der Waals surface area contributed by atoms with Gasteiger partial charge in [-0.25, -0.2) is 0 Å². The molecule has 1 amide bonds. The third-order valence-electron chi connectivity index (χ3n) is 9.86. The second-order valence-corrected chi connectivity index (χ2v) is 14.4. The number of rotatable bonds is 33. The van der Waals surface area contributed by atoms with Crippen LogP contribution in [0.3, 0.4) is 0 Å². The third-order valence-corrected chi connectivity index (χ3v) is 9.86. The molecule has 0 aromatic carbocycles. The Bertz CT molecular complexity index is 781. The highest BCUT2D eigenvalue weighted by molar-refractivity contribution is 5.76. The Kier molecular flexibility index (Phi) is 29.7. The molecular formula is C40H77NO8. The third kappa shape index (κ3) is 23.2. The molecule has 49 heavy (non-hydrogen) atoms. The molecule has 1 aliphatic heterocycles. The van der Waals surface area contributed by atoms with Crippen LogP contribution in [0.5, 0.6) is 0 Å². The molecule has 0 saturated carbocycles. The fraction of sp³-hybridized carbons (Fsp3) is 0.925. The number of nitrogens with one attached hydrogen (secondary N) is 1. The first kappa shape index (κ1) is 46.0. The van der Waals surface area contributed by atoms with Crippen LogP contribution in [-0.4, -0.2) is 87.5 Å². The van der Waals surface area contributed by atoms with Crippen molar-refractivity contribution >= 4 is 5.91 Å². The van der Waals surface area contributed by atoms with Gasteiger partial charge in [-0.2, -0.15) is 0 Å². The molecule has 9 heteroatoms. The molecule has 1 saturated heterocycles. The zero-order valence-electron chi connectivity index (χ0n) is 31.5. The van der Waals surface area contributed by atoms with E-state index in [1.807, 2.05) is 6.08 Å². The summed E-state index contributed by atoms with van der Waals surface area (Å²) in [5.41, 5.74) is 0. The maximum atomic E-state index is 12.7. The molecular weight excluding hydrogens is 622 g/mol. The zero-order valence-corrected chi connectivity index (χ0v) is 31.5. The van der Waals surface area contributed by atoms with Crippen LogP contribution < -0.4 is 5.32 Å². The molecule has 7 atom stereocenters. The molecule has 7 unspecified atom stereocenters. The van der Waals surface area contributed by atoms with Crippen LogP contribution in [0, 0.1) is 0 Å². The number of hydrogen-bond acceptors (Lipinski definition) is 8. The Labute approximate surface area is 299 Å². The summed E-state index contributed by atoms with van der Waals surface area (Å²) >= 11 is 0. The van der Waals surface area contributed by atoms with Gasteiger partial charge < -0.3 is 40.3 Å². The minimum atomic E-state index is -1.56. The van der Waals surface area contributed by atoms with Crippen molar-refractivity contribution in [2.75, 3.05) is 13.2 Å². The van der Waals surface area contributed by atoms with Crippen LogP contribution in [0.1, 0.15) is 181 Å². The van der Waals surface area contributed by atoms with E-state index in [1.165, 1.54) is 116 Å². The lowest BCUT2D eigenvalue weighted by molar-refractivity contribution is -0.302. The predicted molar refractivity (Wildman–Crippen MR) is 198 cm³/mol. The predicted octanol–water partition coefficient (Wildman–Crippen LogP) is 7.39. The molecule has 1 fully saturated rings. The maximum Gasteiger partial charge on any atom is 0.220 e. The first-order valence-electron chi connectivity index (χ1n) is 20.4. The van der Waals surface area contributed by atoms with Crippen LogP contribution in [-0.2, 0) is 14.3 Å². The second-order valence-electron chi connectivity index (χ2n) is 14.4. The van der Waals surface area contributed by atoms with Gasteiger partial charge >= 0.3 is 0 Å². The lowest BCUT2D eigenvalue weighted by Crippen LogP contribution is -2.60. The molecule has 1 aliphatic rings. The van der Waals surface area contributed by atoms with Gasteiger partial charge in [-0.05, 0) is 19.3 Å². The van der Waals surface area contributed by atoms with Gasteiger partial charge in [0.15, 0.2) is 6.29 Å². The fourth-order valence-electron chi connectivity index (χ4n) is 6.51. The van der Waals surface area contributed by atoms with Gasteiger partial charge in [0.05, 0.1) is 25.4 Å². The van der Waals surface area contributed by atoms with Crippen LogP contribution in [0.2, 0.25) is 0 Å². The van der Waals surface area contributed by atoms with Crippen molar-refractivity contribution in [3.05, 3.63) is 12.2 Å². The number of carbonyl (C=O) groups excluding carboxylic acids is 1. The SMILES string of the molecule is CCCCCCCCCCCCCCCCCCCC/C=C/C(O)C(COC1OC(CO)C(O)C(O)C1O)NC(=O)CCCCCCCC. The Morgan fingerprint density at radius 1 is 0.673 bits per heavy atom. The summed E-state index contributed by atoms with van der Waals surface area (Å²) in [5.74, 6) is -0.186. The van der Waals surface area contributed by atoms with Gasteiger partial charge in [-0.1, -0.05) is 167 Å². The zero-order chi connectivity index (χ0) is 36.0. The van der Waals surface area contributed by atoms with Crippen LogP contribution >= 0.6 is 0 Å². The normalized spacial score (nSPS) is 22.5. The number of ether oxygens (including phenoxy) is 2. The van der Waals surface area contributed by atoms with E-state index in [1.54, 1.807) is 6.08 Å². The van der Waals surface area contributed by atoms with E-state index >= 15 is 0 Å². The highest BCUT2D eigenvalue weighted by Crippen LogP contribution is 2.22. The van der Waals surface area contributed by atoms with E-state index in [2.05, 4.69) is 19.2 Å². The lowest BCUT2D eigenvalue weighted by Gasteiger charge is -2.40. The van der Waals surface area contributed by atoms with E-state index in [9.17, 15) is 30.3 Å². The number of carbonyl (C=O) groups is 1. The highest BCUT2D eigenvalue weighted by atomic mass is 16.7. The molecule has 9 nitrogen and oxygen atoms in total. The van der Waals surface area contributed by atoms with Gasteiger partial charge in [-0.3, -0.25) is 4.79 Å². The molecule has 0 spiro atoms. The maximum absolute atomic E-state index is 12.7. The summed E-state index contributed by atoms with van der Waals surface area (Å²) in [6.07, 6.45) is 27.2. The number of aliphatic hydroxyl groups excluding tert-OH is 5. The lowest BCUT2D eigenvalue weighted by atomic mass is 9.99. The number of unbranched alkanes of at least 4 members (excludes halogenated alkanes) is 23. The summed E-state index contributed by atoms with van der Waals surface area (Å²) in [4.78, 5) is 12.7. The standard InChI is InChI=1S/C40H77NO8/c1-3-5-7-9-11-12-13-14-15-16-17-18-19-20-21-22-23-24-25-27-29-34(43)33(41-36(44)30-28-26-10-8-6-4-2)32-48-40-39(47)38(46)37(45)35(31-42)49-40/h27,29,33-35,37-40,42-43,45-47H,3-26,28,30-32H2,1-2H3,(H,41,44)/b29-27+. The van der Waals surface area contributed by atoms with E-state index < -0.39 is 49.5 Å². The van der Waals surface area contributed by atoms with Gasteiger partial charge in [0, 0.05) is 6.42 Å². The van der Waals surface area contributed by atoms with Crippen molar-refractivity contribution < 1.29 is 39.8 Å². The average molecular weight is 700 g/mol. The Hall–Kier alpha value is -1.07. The van der Waals surface area contributed by atoms with E-state index in [0.717, 1.165) is 44.9 Å². The molecule has 0 bridgehead atoms. The fourth-order valence-corrected chi connectivity index (χ4v) is 6.51. The second kappa shape index (κ2) is 31.6. The Balaban J connectivity index is 2.30. The molecule has 0 aromatic rings. The van der Waals surface area contributed by atoms with Gasteiger partial charge in [0.1, 0.15) is 24.4 Å². The Morgan fingerprint density at radius 3 is 1.59 bits per heavy atom. The topological polar surface area (TPSA) is 149 Å². The van der Waals surface area contributed by atoms with Crippen LogP contribution in [0.25, 0.3) is 0 Å². The number of allylic oxidation sites excluding steroid dienone is 1. The van der Waals surface area contributed by atoms with Crippen LogP contribution in [0.15, 0.2) is 12.2 Å². The summed E-state index contributed by atoms with van der Waals surface area (Å²) < 4.78 is 11.1. The van der Waals surface area contributed by atoms with Crippen molar-refractivity contribution in [3.8, 4) is 0 Å². The average Bonchev–Trinajstić information content (AvgIpc) is 3.10. The molecule has 0 aliphatic carbocycles. The monoisotopic (exact) mass is 700 g/mol. The number of amides is 1. The van der Waals surface area contributed by atoms with Crippen molar-refractivity contribution in [2.45, 2.75) is 224 Å². The van der Waals surface area contributed by atoms with Crippen molar-refractivity contribution in [2.24, 2.45) is 0 Å². The minimum absolute atomic E-state index is 0.185. The Morgan fingerprint density at radius 2 is 1.12 bits per heavy atom. The quantitative estimate of drug-likeness (QED) is 0.0307. The van der Waals surface area contributed by atoms with Gasteiger partial charge in [-0.15, -0.1) is 0 Å². The highest BCUT2D eigenvalue weighted by Gasteiger charge is 2.44. The van der Waals surface area contributed by atoms with E-state index in [4.69, 9.17) is 9.47 Å². The summed E-state index contributed by atoms with van der Waals surface area (Å²) in [6, 6.07) is -0.795. The number of hydrogen-bond donors (Lipinski definition) is 6. The van der Waals surface area contributed by atoms with E-state index in [-0.39, 0.29) is 12.5 Å². The molecule has 1 heterocycles. The molecule has 1 rings (SSSR count). The van der Waals surface area contributed by atoms with E-state index in [0.29, 0.717) is 6.42 Å². The first-order chi connectivity index (χ1) is 23.8. The van der Waals surface area contributed by atoms with Crippen LogP contribution in [0.4, 0.5) is 0 Å². The first-order valence-corrected chi connectivity index (χ1v) is 20.4. The van der Waals surface area contributed by atoms with Crippen molar-refractivity contribution in [1.82, 2.24) is 5.32 Å². The molecule has 6 N–H and O–H groups in total. The molecule has 0 radical (unpaired) electrons.